The molecule has 0 aliphatic rings. The van der Waals surface area contributed by atoms with E-state index in [1.807, 2.05) is 13.0 Å². The summed E-state index contributed by atoms with van der Waals surface area (Å²) in [6.07, 6.45) is 0. The van der Waals surface area contributed by atoms with Crippen molar-refractivity contribution in [3.63, 3.8) is 0 Å². The van der Waals surface area contributed by atoms with Gasteiger partial charge in [0.05, 0.1) is 12.7 Å². The van der Waals surface area contributed by atoms with Crippen molar-refractivity contribution >= 4 is 5.91 Å². The Morgan fingerprint density at radius 2 is 2.12 bits per heavy atom. The van der Waals surface area contributed by atoms with E-state index in [9.17, 15) is 4.79 Å². The fourth-order valence-electron chi connectivity index (χ4n) is 1.32. The van der Waals surface area contributed by atoms with E-state index >= 15 is 0 Å². The van der Waals surface area contributed by atoms with Crippen LogP contribution in [0.25, 0.3) is 0 Å². The van der Waals surface area contributed by atoms with Crippen molar-refractivity contribution < 1.29 is 9.53 Å². The second kappa shape index (κ2) is 5.76. The van der Waals surface area contributed by atoms with E-state index in [1.54, 1.807) is 24.3 Å². The number of nitrogens with one attached hydrogen (secondary N) is 1. The maximum Gasteiger partial charge on any atom is 0.218 e. The van der Waals surface area contributed by atoms with Gasteiger partial charge >= 0.3 is 0 Å². The van der Waals surface area contributed by atoms with Gasteiger partial charge in [0.1, 0.15) is 11.8 Å². The normalized spacial score (nSPS) is 11.3. The van der Waals surface area contributed by atoms with Crippen LogP contribution in [0, 0.1) is 11.3 Å². The van der Waals surface area contributed by atoms with Gasteiger partial charge < -0.3 is 10.1 Å². The molecule has 4 heteroatoms. The predicted molar refractivity (Wildman–Crippen MR) is 59.8 cm³/mol. The smallest absolute Gasteiger partial charge is 0.218 e. The maximum absolute atomic E-state index is 10.9. The molecular weight excluding hydrogens is 204 g/mol. The van der Waals surface area contributed by atoms with Crippen molar-refractivity contribution in [2.75, 3.05) is 6.61 Å². The van der Waals surface area contributed by atoms with Crippen LogP contribution in [-0.2, 0) is 4.79 Å². The molecule has 84 valence electrons. The molecule has 1 rings (SSSR count). The third-order valence-corrected chi connectivity index (χ3v) is 2.00. The average molecular weight is 218 g/mol. The van der Waals surface area contributed by atoms with E-state index in [2.05, 4.69) is 5.32 Å². The first-order valence-electron chi connectivity index (χ1n) is 5.07. The van der Waals surface area contributed by atoms with E-state index in [0.717, 1.165) is 11.3 Å². The number of ether oxygens (including phenoxy) is 1. The lowest BCUT2D eigenvalue weighted by Crippen LogP contribution is -2.24. The summed E-state index contributed by atoms with van der Waals surface area (Å²) < 4.78 is 5.29. The maximum atomic E-state index is 10.9. The zero-order valence-electron chi connectivity index (χ0n) is 9.36. The Bertz CT molecular complexity index is 392. The molecule has 0 aromatic heterocycles. The summed E-state index contributed by atoms with van der Waals surface area (Å²) in [6, 6.07) is 8.54. The molecule has 1 amide bonds. The molecular formula is C12H14N2O2. The van der Waals surface area contributed by atoms with Gasteiger partial charge in [-0.05, 0) is 24.6 Å². The molecule has 0 bridgehead atoms. The zero-order chi connectivity index (χ0) is 12.0. The molecule has 0 radical (unpaired) electrons. The molecule has 1 aromatic carbocycles. The summed E-state index contributed by atoms with van der Waals surface area (Å²) in [5, 5.41) is 11.5. The van der Waals surface area contributed by atoms with Crippen molar-refractivity contribution in [1.29, 1.82) is 5.26 Å². The molecule has 0 aliphatic heterocycles. The van der Waals surface area contributed by atoms with E-state index in [1.165, 1.54) is 6.92 Å². The number of rotatable bonds is 4. The van der Waals surface area contributed by atoms with E-state index in [0.29, 0.717) is 6.61 Å². The van der Waals surface area contributed by atoms with Gasteiger partial charge in [-0.1, -0.05) is 12.1 Å². The molecule has 0 fully saturated rings. The molecule has 1 N–H and O–H groups in total. The Labute approximate surface area is 94.8 Å². The Morgan fingerprint density at radius 3 is 2.56 bits per heavy atom. The van der Waals surface area contributed by atoms with E-state index < -0.39 is 6.04 Å². The first kappa shape index (κ1) is 12.1. The second-order valence-corrected chi connectivity index (χ2v) is 3.26. The van der Waals surface area contributed by atoms with Crippen LogP contribution in [0.1, 0.15) is 25.5 Å². The summed E-state index contributed by atoms with van der Waals surface area (Å²) in [5.41, 5.74) is 0.751. The van der Waals surface area contributed by atoms with Crippen molar-refractivity contribution in [2.24, 2.45) is 0 Å². The van der Waals surface area contributed by atoms with Crippen molar-refractivity contribution in [3.8, 4) is 11.8 Å². The van der Waals surface area contributed by atoms with Gasteiger partial charge in [0.2, 0.25) is 5.91 Å². The Balaban J connectivity index is 2.79. The van der Waals surface area contributed by atoms with Crippen LogP contribution in [0.2, 0.25) is 0 Å². The summed E-state index contributed by atoms with van der Waals surface area (Å²) in [5.74, 6) is 0.534. The first-order chi connectivity index (χ1) is 7.67. The van der Waals surface area contributed by atoms with Gasteiger partial charge in [-0.2, -0.15) is 5.26 Å². The van der Waals surface area contributed by atoms with Gasteiger partial charge in [0.15, 0.2) is 0 Å². The minimum absolute atomic E-state index is 0.222. The number of benzene rings is 1. The SMILES string of the molecule is CCOc1ccc(C(C#N)NC(C)=O)cc1. The lowest BCUT2D eigenvalue weighted by Gasteiger charge is -2.11. The highest BCUT2D eigenvalue weighted by Crippen LogP contribution is 2.17. The van der Waals surface area contributed by atoms with Crippen LogP contribution < -0.4 is 10.1 Å². The van der Waals surface area contributed by atoms with Gasteiger partial charge in [0.25, 0.3) is 0 Å². The molecule has 0 heterocycles. The predicted octanol–water partition coefficient (Wildman–Crippen LogP) is 1.79. The molecule has 4 nitrogen and oxygen atoms in total. The lowest BCUT2D eigenvalue weighted by molar-refractivity contribution is -0.119. The molecule has 0 saturated carbocycles. The van der Waals surface area contributed by atoms with E-state index in [4.69, 9.17) is 10.00 Å². The number of nitrogens with zero attached hydrogens (tertiary/aromatic N) is 1. The van der Waals surface area contributed by atoms with Crippen molar-refractivity contribution in [2.45, 2.75) is 19.9 Å². The summed E-state index contributed by atoms with van der Waals surface area (Å²) in [4.78, 5) is 10.9. The highest BCUT2D eigenvalue weighted by atomic mass is 16.5. The topological polar surface area (TPSA) is 62.1 Å². The summed E-state index contributed by atoms with van der Waals surface area (Å²) >= 11 is 0. The van der Waals surface area contributed by atoms with Gasteiger partial charge in [-0.3, -0.25) is 4.79 Å². The fourth-order valence-corrected chi connectivity index (χ4v) is 1.32. The molecule has 0 spiro atoms. The van der Waals surface area contributed by atoms with Crippen molar-refractivity contribution in [1.82, 2.24) is 5.32 Å². The van der Waals surface area contributed by atoms with Crippen LogP contribution in [0.3, 0.4) is 0 Å². The lowest BCUT2D eigenvalue weighted by atomic mass is 10.1. The molecule has 1 aromatic rings. The molecule has 1 unspecified atom stereocenters. The highest BCUT2D eigenvalue weighted by Gasteiger charge is 2.10. The number of carbonyl (C=O) groups excluding carboxylic acids is 1. The molecule has 0 aliphatic carbocycles. The highest BCUT2D eigenvalue weighted by molar-refractivity contribution is 5.73. The molecule has 16 heavy (non-hydrogen) atoms. The first-order valence-corrected chi connectivity index (χ1v) is 5.07. The van der Waals surface area contributed by atoms with Gasteiger partial charge in [-0.25, -0.2) is 0 Å². The van der Waals surface area contributed by atoms with Gasteiger partial charge in [-0.15, -0.1) is 0 Å². The van der Waals surface area contributed by atoms with Crippen LogP contribution in [0.15, 0.2) is 24.3 Å². The standard InChI is InChI=1S/C12H14N2O2/c1-3-16-11-6-4-10(5-7-11)12(8-13)14-9(2)15/h4-7,12H,3H2,1-2H3,(H,14,15). The minimum Gasteiger partial charge on any atom is -0.494 e. The Hall–Kier alpha value is -2.02. The van der Waals surface area contributed by atoms with Crippen LogP contribution >= 0.6 is 0 Å². The third-order valence-electron chi connectivity index (χ3n) is 2.00. The fraction of sp³-hybridized carbons (Fsp3) is 0.333. The average Bonchev–Trinajstić information content (AvgIpc) is 2.27. The zero-order valence-corrected chi connectivity index (χ0v) is 9.36. The number of carbonyl (C=O) groups is 1. The number of amides is 1. The molecule has 1 atom stereocenters. The second-order valence-electron chi connectivity index (χ2n) is 3.26. The van der Waals surface area contributed by atoms with Gasteiger partial charge in [0, 0.05) is 6.92 Å². The van der Waals surface area contributed by atoms with Crippen molar-refractivity contribution in [3.05, 3.63) is 29.8 Å². The number of hydrogen-bond donors (Lipinski definition) is 1. The van der Waals surface area contributed by atoms with Crippen LogP contribution in [0.5, 0.6) is 5.75 Å². The van der Waals surface area contributed by atoms with Crippen LogP contribution in [-0.4, -0.2) is 12.5 Å². The van der Waals surface area contributed by atoms with Crippen LogP contribution in [0.4, 0.5) is 0 Å². The monoisotopic (exact) mass is 218 g/mol. The van der Waals surface area contributed by atoms with E-state index in [-0.39, 0.29) is 5.91 Å². The summed E-state index contributed by atoms with van der Waals surface area (Å²) in [6.45, 7) is 3.90. The summed E-state index contributed by atoms with van der Waals surface area (Å²) in [7, 11) is 0. The number of nitriles is 1. The minimum atomic E-state index is -0.604. The molecule has 0 saturated heterocycles. The Morgan fingerprint density at radius 1 is 1.50 bits per heavy atom. The number of hydrogen-bond acceptors (Lipinski definition) is 3. The third kappa shape index (κ3) is 3.28. The largest absolute Gasteiger partial charge is 0.494 e. The quantitative estimate of drug-likeness (QED) is 0.838. The Kier molecular flexibility index (Phi) is 4.34.